The van der Waals surface area contributed by atoms with Gasteiger partial charge in [-0.25, -0.2) is 0 Å². The molecule has 1 amide bonds. The number of non-ortho nitro benzene ring substituents is 1. The number of nitrogens with zero attached hydrogens (tertiary/aromatic N) is 1. The Bertz CT molecular complexity index is 507. The van der Waals surface area contributed by atoms with Gasteiger partial charge in [-0.3, -0.25) is 14.9 Å². The Balaban J connectivity index is 1.85. The first-order valence-corrected chi connectivity index (χ1v) is 7.16. The van der Waals surface area contributed by atoms with Gasteiger partial charge in [0, 0.05) is 24.1 Å². The maximum Gasteiger partial charge on any atom is 0.269 e. The number of aliphatic hydroxyl groups is 1. The first-order chi connectivity index (χ1) is 10.0. The number of hydrogen-bond donors (Lipinski definition) is 2. The predicted octanol–water partition coefficient (Wildman–Crippen LogP) is 1.81. The monoisotopic (exact) mass is 292 g/mol. The smallest absolute Gasteiger partial charge is 0.269 e. The lowest BCUT2D eigenvalue weighted by atomic mass is 9.87. The van der Waals surface area contributed by atoms with Gasteiger partial charge < -0.3 is 10.4 Å². The third-order valence-corrected chi connectivity index (χ3v) is 4.17. The highest BCUT2D eigenvalue weighted by Gasteiger charge is 2.33. The van der Waals surface area contributed by atoms with Crippen LogP contribution in [0.25, 0.3) is 0 Å². The number of nitrogens with one attached hydrogen (secondary N) is 1. The van der Waals surface area contributed by atoms with Crippen LogP contribution in [0, 0.1) is 15.5 Å². The Morgan fingerprint density at radius 2 is 1.90 bits per heavy atom. The molecule has 1 saturated carbocycles. The van der Waals surface area contributed by atoms with Crippen molar-refractivity contribution in [1.82, 2.24) is 5.32 Å². The van der Waals surface area contributed by atoms with Crippen LogP contribution in [0.1, 0.15) is 31.2 Å². The van der Waals surface area contributed by atoms with E-state index in [2.05, 4.69) is 5.32 Å². The van der Waals surface area contributed by atoms with Crippen LogP contribution in [0.2, 0.25) is 0 Å². The summed E-state index contributed by atoms with van der Waals surface area (Å²) in [6, 6.07) is 5.98. The van der Waals surface area contributed by atoms with E-state index < -0.39 is 4.92 Å². The molecule has 0 aliphatic heterocycles. The second-order valence-electron chi connectivity index (χ2n) is 5.74. The van der Waals surface area contributed by atoms with Crippen LogP contribution in [-0.4, -0.2) is 29.1 Å². The zero-order valence-corrected chi connectivity index (χ0v) is 11.9. The predicted molar refractivity (Wildman–Crippen MR) is 77.8 cm³/mol. The van der Waals surface area contributed by atoms with Gasteiger partial charge in [-0.2, -0.15) is 0 Å². The molecule has 1 aliphatic rings. The Labute approximate surface area is 123 Å². The number of hydrogen-bond acceptors (Lipinski definition) is 4. The summed E-state index contributed by atoms with van der Waals surface area (Å²) in [7, 11) is 0. The highest BCUT2D eigenvalue weighted by molar-refractivity contribution is 5.78. The molecular weight excluding hydrogens is 272 g/mol. The van der Waals surface area contributed by atoms with E-state index in [1.165, 1.54) is 12.1 Å². The summed E-state index contributed by atoms with van der Waals surface area (Å²) < 4.78 is 0. The fourth-order valence-corrected chi connectivity index (χ4v) is 2.79. The van der Waals surface area contributed by atoms with Crippen molar-refractivity contribution in [1.29, 1.82) is 0 Å². The normalized spacial score (nSPS) is 16.6. The van der Waals surface area contributed by atoms with Crippen LogP contribution in [0.15, 0.2) is 24.3 Å². The number of benzene rings is 1. The van der Waals surface area contributed by atoms with E-state index in [-0.39, 0.29) is 30.0 Å². The van der Waals surface area contributed by atoms with Gasteiger partial charge in [-0.15, -0.1) is 0 Å². The first kappa shape index (κ1) is 15.4. The van der Waals surface area contributed by atoms with Crippen molar-refractivity contribution in [3.63, 3.8) is 0 Å². The second-order valence-corrected chi connectivity index (χ2v) is 5.74. The van der Waals surface area contributed by atoms with Crippen LogP contribution >= 0.6 is 0 Å². The third-order valence-electron chi connectivity index (χ3n) is 4.17. The minimum absolute atomic E-state index is 0.0179. The zero-order valence-electron chi connectivity index (χ0n) is 11.9. The highest BCUT2D eigenvalue weighted by atomic mass is 16.6. The molecular formula is C15H20N2O4. The standard InChI is InChI=1S/C15H20N2O4/c18-11-15(7-1-2-8-15)10-16-14(19)9-12-3-5-13(6-4-12)17(20)21/h3-6,18H,1-2,7-11H2,(H,16,19). The summed E-state index contributed by atoms with van der Waals surface area (Å²) in [5.41, 5.74) is 0.595. The lowest BCUT2D eigenvalue weighted by molar-refractivity contribution is -0.384. The quantitative estimate of drug-likeness (QED) is 0.617. The van der Waals surface area contributed by atoms with Crippen molar-refractivity contribution in [2.24, 2.45) is 5.41 Å². The van der Waals surface area contributed by atoms with Crippen LogP contribution in [0.4, 0.5) is 5.69 Å². The number of carbonyl (C=O) groups excluding carboxylic acids is 1. The van der Waals surface area contributed by atoms with E-state index in [1.54, 1.807) is 12.1 Å². The van der Waals surface area contributed by atoms with E-state index in [1.807, 2.05) is 0 Å². The molecule has 0 bridgehead atoms. The molecule has 1 aromatic carbocycles. The highest BCUT2D eigenvalue weighted by Crippen LogP contribution is 2.36. The van der Waals surface area contributed by atoms with Crippen molar-refractivity contribution in [2.75, 3.05) is 13.2 Å². The minimum atomic E-state index is -0.463. The minimum Gasteiger partial charge on any atom is -0.396 e. The molecule has 0 aromatic heterocycles. The average molecular weight is 292 g/mol. The maximum absolute atomic E-state index is 11.9. The topological polar surface area (TPSA) is 92.5 Å². The number of carbonyl (C=O) groups is 1. The van der Waals surface area contributed by atoms with Gasteiger partial charge in [0.25, 0.3) is 5.69 Å². The first-order valence-electron chi connectivity index (χ1n) is 7.16. The fraction of sp³-hybridized carbons (Fsp3) is 0.533. The van der Waals surface area contributed by atoms with Gasteiger partial charge >= 0.3 is 0 Å². The summed E-state index contributed by atoms with van der Waals surface area (Å²) in [6.07, 6.45) is 4.28. The van der Waals surface area contributed by atoms with Gasteiger partial charge in [0.1, 0.15) is 0 Å². The van der Waals surface area contributed by atoms with Crippen molar-refractivity contribution in [3.05, 3.63) is 39.9 Å². The molecule has 0 atom stereocenters. The van der Waals surface area contributed by atoms with Crippen molar-refractivity contribution in [2.45, 2.75) is 32.1 Å². The molecule has 114 valence electrons. The van der Waals surface area contributed by atoms with Crippen molar-refractivity contribution >= 4 is 11.6 Å². The third kappa shape index (κ3) is 4.01. The molecule has 0 heterocycles. The van der Waals surface area contributed by atoms with E-state index in [0.717, 1.165) is 31.2 Å². The number of aliphatic hydroxyl groups excluding tert-OH is 1. The van der Waals surface area contributed by atoms with Crippen molar-refractivity contribution < 1.29 is 14.8 Å². The molecule has 1 aromatic rings. The second kappa shape index (κ2) is 6.67. The zero-order chi connectivity index (χ0) is 15.3. The van der Waals surface area contributed by atoms with Crippen LogP contribution in [-0.2, 0) is 11.2 Å². The van der Waals surface area contributed by atoms with Gasteiger partial charge in [-0.05, 0) is 18.4 Å². The summed E-state index contributed by atoms with van der Waals surface area (Å²) in [4.78, 5) is 22.0. The lowest BCUT2D eigenvalue weighted by Gasteiger charge is -2.26. The van der Waals surface area contributed by atoms with Gasteiger partial charge in [0.05, 0.1) is 18.0 Å². The average Bonchev–Trinajstić information content (AvgIpc) is 2.95. The molecule has 2 rings (SSSR count). The lowest BCUT2D eigenvalue weighted by Crippen LogP contribution is -2.38. The molecule has 21 heavy (non-hydrogen) atoms. The van der Waals surface area contributed by atoms with E-state index in [9.17, 15) is 20.0 Å². The largest absolute Gasteiger partial charge is 0.396 e. The number of rotatable bonds is 6. The van der Waals surface area contributed by atoms with Crippen molar-refractivity contribution in [3.8, 4) is 0 Å². The molecule has 1 fully saturated rings. The summed E-state index contributed by atoms with van der Waals surface area (Å²) in [5, 5.41) is 22.9. The number of nitro groups is 1. The Morgan fingerprint density at radius 3 is 2.43 bits per heavy atom. The molecule has 6 heteroatoms. The van der Waals surface area contributed by atoms with Crippen LogP contribution in [0.3, 0.4) is 0 Å². The Hall–Kier alpha value is -1.95. The van der Waals surface area contributed by atoms with E-state index in [4.69, 9.17) is 0 Å². The van der Waals surface area contributed by atoms with Gasteiger partial charge in [0.15, 0.2) is 0 Å². The van der Waals surface area contributed by atoms with Gasteiger partial charge in [-0.1, -0.05) is 25.0 Å². The van der Waals surface area contributed by atoms with Crippen LogP contribution in [0.5, 0.6) is 0 Å². The molecule has 2 N–H and O–H groups in total. The van der Waals surface area contributed by atoms with Crippen LogP contribution < -0.4 is 5.32 Å². The summed E-state index contributed by atoms with van der Waals surface area (Å²) >= 11 is 0. The SMILES string of the molecule is O=C(Cc1ccc([N+](=O)[O-])cc1)NCC1(CO)CCCC1. The molecule has 1 aliphatic carbocycles. The Morgan fingerprint density at radius 1 is 1.29 bits per heavy atom. The summed E-state index contributed by atoms with van der Waals surface area (Å²) in [5.74, 6) is -0.122. The fourth-order valence-electron chi connectivity index (χ4n) is 2.79. The maximum atomic E-state index is 11.9. The number of nitro benzene ring substituents is 1. The molecule has 0 saturated heterocycles. The van der Waals surface area contributed by atoms with Gasteiger partial charge in [0.2, 0.25) is 5.91 Å². The number of amides is 1. The molecule has 0 unspecified atom stereocenters. The molecule has 0 radical (unpaired) electrons. The summed E-state index contributed by atoms with van der Waals surface area (Å²) in [6.45, 7) is 0.597. The molecule has 6 nitrogen and oxygen atoms in total. The Kier molecular flexibility index (Phi) is 4.90. The van der Waals surface area contributed by atoms with E-state index >= 15 is 0 Å². The molecule has 0 spiro atoms. The van der Waals surface area contributed by atoms with E-state index in [0.29, 0.717) is 6.54 Å².